The molecule has 0 aliphatic rings. The summed E-state index contributed by atoms with van der Waals surface area (Å²) in [7, 11) is -4.64. The number of para-hydroxylation sites is 2. The smallest absolute Gasteiger partial charge is 0.325 e. The Hall–Kier alpha value is -2.14. The third-order valence-corrected chi connectivity index (χ3v) is 3.31. The summed E-state index contributed by atoms with van der Waals surface area (Å²) in [6.45, 7) is 0. The molecule has 19 heavy (non-hydrogen) atoms. The topological polar surface area (TPSA) is 47.3 Å². The minimum absolute atomic E-state index is 0.523. The van der Waals surface area contributed by atoms with E-state index in [9.17, 15) is 12.3 Å². The number of furan rings is 1. The zero-order valence-electron chi connectivity index (χ0n) is 9.71. The van der Waals surface area contributed by atoms with Crippen LogP contribution in [0.4, 0.5) is 3.89 Å². The fourth-order valence-electron chi connectivity index (χ4n) is 2.05. The molecule has 0 aliphatic heterocycles. The lowest BCUT2D eigenvalue weighted by Gasteiger charge is -1.94. The van der Waals surface area contributed by atoms with Gasteiger partial charge in [-0.15, -0.1) is 3.89 Å². The predicted molar refractivity (Wildman–Crippen MR) is 72.8 cm³/mol. The van der Waals surface area contributed by atoms with Crippen molar-refractivity contribution in [3.8, 4) is 0 Å². The molecule has 0 N–H and O–H groups in total. The summed E-state index contributed by atoms with van der Waals surface area (Å²) in [5, 5.41) is 2.33. The van der Waals surface area contributed by atoms with Gasteiger partial charge in [-0.2, -0.15) is 8.42 Å². The van der Waals surface area contributed by atoms with Crippen LogP contribution in [-0.2, 0) is 10.2 Å². The van der Waals surface area contributed by atoms with Crippen molar-refractivity contribution >= 4 is 38.2 Å². The number of halogens is 1. The van der Waals surface area contributed by atoms with Crippen molar-refractivity contribution in [3.05, 3.63) is 53.4 Å². The third-order valence-electron chi connectivity index (χ3n) is 2.84. The van der Waals surface area contributed by atoms with Gasteiger partial charge in [0, 0.05) is 16.3 Å². The Labute approximate surface area is 109 Å². The molecule has 96 valence electrons. The normalized spacial score (nSPS) is 12.7. The van der Waals surface area contributed by atoms with E-state index < -0.39 is 10.2 Å². The van der Waals surface area contributed by atoms with E-state index in [0.29, 0.717) is 22.1 Å². The summed E-state index contributed by atoms with van der Waals surface area (Å²) >= 11 is 0. The third kappa shape index (κ3) is 2.24. The van der Waals surface area contributed by atoms with E-state index in [2.05, 4.69) is 0 Å². The van der Waals surface area contributed by atoms with Gasteiger partial charge < -0.3 is 4.42 Å². The van der Waals surface area contributed by atoms with Crippen LogP contribution >= 0.6 is 0 Å². The lowest BCUT2D eigenvalue weighted by atomic mass is 10.1. The van der Waals surface area contributed by atoms with Crippen molar-refractivity contribution in [1.29, 1.82) is 0 Å². The number of hydrogen-bond acceptors (Lipinski definition) is 3. The van der Waals surface area contributed by atoms with Crippen LogP contribution in [0.3, 0.4) is 0 Å². The first-order valence-electron chi connectivity index (χ1n) is 5.57. The highest BCUT2D eigenvalue weighted by atomic mass is 32.3. The van der Waals surface area contributed by atoms with Crippen LogP contribution in [-0.4, -0.2) is 8.42 Å². The molecule has 1 heterocycles. The molecule has 0 spiro atoms. The van der Waals surface area contributed by atoms with Gasteiger partial charge in [0.25, 0.3) is 0 Å². The van der Waals surface area contributed by atoms with Crippen LogP contribution in [0.5, 0.6) is 0 Å². The second-order valence-corrected chi connectivity index (χ2v) is 5.32. The van der Waals surface area contributed by atoms with Crippen LogP contribution in [0.15, 0.2) is 52.3 Å². The maximum absolute atomic E-state index is 12.5. The maximum atomic E-state index is 12.5. The summed E-state index contributed by atoms with van der Waals surface area (Å²) in [5.41, 5.74) is 1.78. The zero-order valence-corrected chi connectivity index (χ0v) is 10.5. The van der Waals surface area contributed by atoms with Gasteiger partial charge in [-0.1, -0.05) is 36.4 Å². The number of benzene rings is 2. The molecule has 1 aromatic heterocycles. The largest absolute Gasteiger partial charge is 0.455 e. The number of hydrogen-bond donors (Lipinski definition) is 0. The zero-order chi connectivity index (χ0) is 13.5. The van der Waals surface area contributed by atoms with Gasteiger partial charge >= 0.3 is 10.2 Å². The van der Waals surface area contributed by atoms with Crippen LogP contribution in [0.25, 0.3) is 28.0 Å². The van der Waals surface area contributed by atoms with Crippen LogP contribution in [0.2, 0.25) is 0 Å². The molecular weight excluding hydrogens is 267 g/mol. The quantitative estimate of drug-likeness (QED) is 0.668. The van der Waals surface area contributed by atoms with E-state index in [1.807, 2.05) is 30.3 Å². The van der Waals surface area contributed by atoms with Crippen molar-refractivity contribution in [2.45, 2.75) is 0 Å². The first-order valence-corrected chi connectivity index (χ1v) is 7.02. The van der Waals surface area contributed by atoms with E-state index in [1.165, 1.54) is 6.08 Å². The minimum Gasteiger partial charge on any atom is -0.455 e. The maximum Gasteiger partial charge on any atom is 0.325 e. The minimum atomic E-state index is -4.64. The van der Waals surface area contributed by atoms with E-state index in [0.717, 1.165) is 10.8 Å². The SMILES string of the molecule is O=S(=O)(F)/C=C/c1cccc2c1oc1ccccc12. The number of fused-ring (bicyclic) bond motifs is 3. The highest BCUT2D eigenvalue weighted by Gasteiger charge is 2.09. The summed E-state index contributed by atoms with van der Waals surface area (Å²) in [6, 6.07) is 12.8. The van der Waals surface area contributed by atoms with E-state index in [-0.39, 0.29) is 0 Å². The standard InChI is InChI=1S/C14H9FO3S/c15-19(16,17)9-8-10-4-3-6-12-11-5-1-2-7-13(11)18-14(10)12/h1-9H/b9-8+. The van der Waals surface area contributed by atoms with Crippen molar-refractivity contribution in [2.75, 3.05) is 0 Å². The predicted octanol–water partition coefficient (Wildman–Crippen LogP) is 3.86. The van der Waals surface area contributed by atoms with E-state index in [1.54, 1.807) is 12.1 Å². The molecule has 2 aromatic carbocycles. The average molecular weight is 276 g/mol. The van der Waals surface area contributed by atoms with E-state index in [4.69, 9.17) is 4.42 Å². The molecule has 5 heteroatoms. The van der Waals surface area contributed by atoms with Crippen molar-refractivity contribution in [1.82, 2.24) is 0 Å². The second kappa shape index (κ2) is 4.20. The van der Waals surface area contributed by atoms with E-state index >= 15 is 0 Å². The second-order valence-electron chi connectivity index (χ2n) is 4.10. The Kier molecular flexibility index (Phi) is 2.64. The van der Waals surface area contributed by atoms with Crippen molar-refractivity contribution < 1.29 is 16.7 Å². The summed E-state index contributed by atoms with van der Waals surface area (Å²) < 4.78 is 39.3. The van der Waals surface area contributed by atoms with Crippen molar-refractivity contribution in [3.63, 3.8) is 0 Å². The Morgan fingerprint density at radius 1 is 1.00 bits per heavy atom. The van der Waals surface area contributed by atoms with Crippen molar-refractivity contribution in [2.24, 2.45) is 0 Å². The Bertz CT molecular complexity index is 891. The molecule has 0 amide bonds. The van der Waals surface area contributed by atoms with Gasteiger partial charge in [-0.05, 0) is 12.1 Å². The molecule has 0 radical (unpaired) electrons. The van der Waals surface area contributed by atoms with Crippen LogP contribution in [0.1, 0.15) is 5.56 Å². The molecule has 0 saturated heterocycles. The highest BCUT2D eigenvalue weighted by molar-refractivity contribution is 7.89. The molecule has 0 saturated carbocycles. The first kappa shape index (κ1) is 11.9. The van der Waals surface area contributed by atoms with Gasteiger partial charge in [0.05, 0.1) is 5.41 Å². The molecule has 0 bridgehead atoms. The molecular formula is C14H9FO3S. The lowest BCUT2D eigenvalue weighted by Crippen LogP contribution is -1.81. The average Bonchev–Trinajstić information content (AvgIpc) is 2.74. The van der Waals surface area contributed by atoms with Gasteiger partial charge in [0.1, 0.15) is 11.2 Å². The Morgan fingerprint density at radius 2 is 1.74 bits per heavy atom. The molecule has 3 aromatic rings. The molecule has 0 atom stereocenters. The Morgan fingerprint density at radius 3 is 2.53 bits per heavy atom. The molecule has 0 unspecified atom stereocenters. The first-order chi connectivity index (χ1) is 9.04. The number of rotatable bonds is 2. The van der Waals surface area contributed by atoms with Gasteiger partial charge in [-0.3, -0.25) is 0 Å². The Balaban J connectivity index is 2.29. The fraction of sp³-hybridized carbons (Fsp3) is 0. The molecule has 0 fully saturated rings. The van der Waals surface area contributed by atoms with Crippen LogP contribution < -0.4 is 0 Å². The summed E-state index contributed by atoms with van der Waals surface area (Å²) in [5.74, 6) is 0. The van der Waals surface area contributed by atoms with Crippen LogP contribution in [0, 0.1) is 0 Å². The summed E-state index contributed by atoms with van der Waals surface area (Å²) in [4.78, 5) is 0. The van der Waals surface area contributed by atoms with Gasteiger partial charge in [-0.25, -0.2) is 0 Å². The fourth-order valence-corrected chi connectivity index (χ4v) is 2.36. The summed E-state index contributed by atoms with van der Waals surface area (Å²) in [6.07, 6.45) is 1.19. The lowest BCUT2D eigenvalue weighted by molar-refractivity contribution is 0.563. The monoisotopic (exact) mass is 276 g/mol. The molecule has 0 aliphatic carbocycles. The molecule has 3 rings (SSSR count). The molecule has 3 nitrogen and oxygen atoms in total. The van der Waals surface area contributed by atoms with Gasteiger partial charge in [0.2, 0.25) is 0 Å². The van der Waals surface area contributed by atoms with Gasteiger partial charge in [0.15, 0.2) is 0 Å². The highest BCUT2D eigenvalue weighted by Crippen LogP contribution is 2.31.